The number of ether oxygens (including phenoxy) is 1. The average molecular weight is 316 g/mol. The molecule has 0 radical (unpaired) electrons. The molecule has 1 aliphatic rings. The number of hydrogen-bond acceptors (Lipinski definition) is 3. The molecule has 1 fully saturated rings. The first kappa shape index (κ1) is 13.4. The monoisotopic (exact) mass is 315 g/mol. The van der Waals surface area contributed by atoms with Gasteiger partial charge in [0.2, 0.25) is 0 Å². The van der Waals surface area contributed by atoms with E-state index in [1.165, 1.54) is 23.3 Å². The molecular formula is C13H18BrNOS. The highest BCUT2D eigenvalue weighted by atomic mass is 79.9. The predicted octanol–water partition coefficient (Wildman–Crippen LogP) is 3.74. The number of hydrogen-bond donors (Lipinski definition) is 1. The van der Waals surface area contributed by atoms with E-state index in [1.807, 2.05) is 18.7 Å². The lowest BCUT2D eigenvalue weighted by molar-refractivity contribution is 0.129. The van der Waals surface area contributed by atoms with Gasteiger partial charge in [0.1, 0.15) is 0 Å². The summed E-state index contributed by atoms with van der Waals surface area (Å²) >= 11 is 5.46. The molecule has 1 aromatic rings. The smallest absolute Gasteiger partial charge is 0.0669 e. The molecule has 2 N–H and O–H groups in total. The minimum absolute atomic E-state index is 0.0866. The third kappa shape index (κ3) is 3.71. The van der Waals surface area contributed by atoms with Crippen LogP contribution in [0.1, 0.15) is 31.4 Å². The van der Waals surface area contributed by atoms with E-state index in [0.29, 0.717) is 6.10 Å². The summed E-state index contributed by atoms with van der Waals surface area (Å²) in [6.07, 6.45) is 2.83. The molecule has 4 heteroatoms. The maximum absolute atomic E-state index is 5.86. The predicted molar refractivity (Wildman–Crippen MR) is 76.4 cm³/mol. The van der Waals surface area contributed by atoms with Crippen molar-refractivity contribution in [1.82, 2.24) is 0 Å². The molecule has 0 saturated carbocycles. The summed E-state index contributed by atoms with van der Waals surface area (Å²) in [5.74, 6) is 1.04. The molecule has 2 atom stereocenters. The van der Waals surface area contributed by atoms with Gasteiger partial charge in [-0.1, -0.05) is 6.07 Å². The van der Waals surface area contributed by atoms with Gasteiger partial charge >= 0.3 is 0 Å². The molecule has 0 aliphatic carbocycles. The lowest BCUT2D eigenvalue weighted by Gasteiger charge is -2.12. The second kappa shape index (κ2) is 6.23. The minimum atomic E-state index is 0.0866. The van der Waals surface area contributed by atoms with E-state index in [1.54, 1.807) is 0 Å². The standard InChI is InChI=1S/C13H18BrNOS/c1-9(15)10-4-5-13(12(14)7-10)17-8-11-3-2-6-16-11/h4-5,7,9,11H,2-3,6,8,15H2,1H3. The first-order chi connectivity index (χ1) is 8.16. The Hall–Kier alpha value is -0.0300. The third-order valence-electron chi connectivity index (χ3n) is 2.93. The average Bonchev–Trinajstić information content (AvgIpc) is 2.80. The second-order valence-corrected chi connectivity index (χ2v) is 6.34. The molecule has 2 unspecified atom stereocenters. The highest BCUT2D eigenvalue weighted by molar-refractivity contribution is 9.10. The zero-order chi connectivity index (χ0) is 12.3. The van der Waals surface area contributed by atoms with E-state index >= 15 is 0 Å². The molecule has 0 amide bonds. The summed E-state index contributed by atoms with van der Waals surface area (Å²) in [6, 6.07) is 6.45. The van der Waals surface area contributed by atoms with E-state index in [-0.39, 0.29) is 6.04 Å². The summed E-state index contributed by atoms with van der Waals surface area (Å²) in [7, 11) is 0. The Morgan fingerprint density at radius 3 is 3.00 bits per heavy atom. The first-order valence-corrected chi connectivity index (χ1v) is 7.74. The van der Waals surface area contributed by atoms with Gasteiger partial charge in [-0.15, -0.1) is 11.8 Å². The van der Waals surface area contributed by atoms with Gasteiger partial charge in [0, 0.05) is 27.8 Å². The van der Waals surface area contributed by atoms with Gasteiger partial charge in [-0.05, 0) is 53.4 Å². The van der Waals surface area contributed by atoms with Crippen molar-refractivity contribution in [3.63, 3.8) is 0 Å². The van der Waals surface area contributed by atoms with Gasteiger partial charge in [0.15, 0.2) is 0 Å². The zero-order valence-electron chi connectivity index (χ0n) is 9.99. The molecule has 1 aliphatic heterocycles. The third-order valence-corrected chi connectivity index (χ3v) is 5.05. The van der Waals surface area contributed by atoms with Crippen molar-refractivity contribution in [3.05, 3.63) is 28.2 Å². The normalized spacial score (nSPS) is 21.7. The van der Waals surface area contributed by atoms with Crippen molar-refractivity contribution in [3.8, 4) is 0 Å². The van der Waals surface area contributed by atoms with Crippen molar-refractivity contribution in [2.45, 2.75) is 36.8 Å². The van der Waals surface area contributed by atoms with E-state index in [4.69, 9.17) is 10.5 Å². The maximum Gasteiger partial charge on any atom is 0.0669 e. The fraction of sp³-hybridized carbons (Fsp3) is 0.538. The molecule has 17 heavy (non-hydrogen) atoms. The van der Waals surface area contributed by atoms with Gasteiger partial charge in [-0.3, -0.25) is 0 Å². The van der Waals surface area contributed by atoms with E-state index in [2.05, 4.69) is 34.1 Å². The molecule has 1 aromatic carbocycles. The zero-order valence-corrected chi connectivity index (χ0v) is 12.4. The van der Waals surface area contributed by atoms with Crippen LogP contribution in [0.2, 0.25) is 0 Å². The van der Waals surface area contributed by atoms with Crippen LogP contribution >= 0.6 is 27.7 Å². The number of thioether (sulfide) groups is 1. The van der Waals surface area contributed by atoms with Crippen LogP contribution in [0.15, 0.2) is 27.6 Å². The lowest BCUT2D eigenvalue weighted by Crippen LogP contribution is -2.08. The number of halogens is 1. The summed E-state index contributed by atoms with van der Waals surface area (Å²) in [4.78, 5) is 1.27. The summed E-state index contributed by atoms with van der Waals surface area (Å²) in [5, 5.41) is 0. The lowest BCUT2D eigenvalue weighted by atomic mass is 10.1. The van der Waals surface area contributed by atoms with Crippen LogP contribution in [-0.4, -0.2) is 18.5 Å². The highest BCUT2D eigenvalue weighted by Crippen LogP contribution is 2.31. The molecule has 2 nitrogen and oxygen atoms in total. The molecule has 1 heterocycles. The quantitative estimate of drug-likeness (QED) is 0.860. The van der Waals surface area contributed by atoms with Gasteiger partial charge < -0.3 is 10.5 Å². The van der Waals surface area contributed by atoms with Crippen LogP contribution in [0.4, 0.5) is 0 Å². The van der Waals surface area contributed by atoms with Crippen molar-refractivity contribution in [2.24, 2.45) is 5.73 Å². The van der Waals surface area contributed by atoms with Crippen LogP contribution in [0, 0.1) is 0 Å². The Kier molecular flexibility index (Phi) is 4.91. The van der Waals surface area contributed by atoms with Crippen molar-refractivity contribution >= 4 is 27.7 Å². The number of nitrogens with two attached hydrogens (primary N) is 1. The molecule has 94 valence electrons. The SMILES string of the molecule is CC(N)c1ccc(SCC2CCCO2)c(Br)c1. The Balaban J connectivity index is 1.96. The molecule has 0 bridgehead atoms. The van der Waals surface area contributed by atoms with E-state index in [0.717, 1.165) is 16.8 Å². The van der Waals surface area contributed by atoms with Crippen LogP contribution in [0.25, 0.3) is 0 Å². The fourth-order valence-electron chi connectivity index (χ4n) is 1.88. The van der Waals surface area contributed by atoms with Crippen LogP contribution < -0.4 is 5.73 Å². The minimum Gasteiger partial charge on any atom is -0.377 e. The molecular weight excluding hydrogens is 298 g/mol. The van der Waals surface area contributed by atoms with Gasteiger partial charge in [-0.2, -0.15) is 0 Å². The van der Waals surface area contributed by atoms with Gasteiger partial charge in [0.05, 0.1) is 6.10 Å². The van der Waals surface area contributed by atoms with E-state index in [9.17, 15) is 0 Å². The van der Waals surface area contributed by atoms with Crippen LogP contribution in [0.5, 0.6) is 0 Å². The van der Waals surface area contributed by atoms with Crippen molar-refractivity contribution in [2.75, 3.05) is 12.4 Å². The molecule has 0 spiro atoms. The topological polar surface area (TPSA) is 35.2 Å². The van der Waals surface area contributed by atoms with E-state index < -0.39 is 0 Å². The Bertz CT molecular complexity index is 378. The molecule has 1 saturated heterocycles. The van der Waals surface area contributed by atoms with Crippen LogP contribution in [-0.2, 0) is 4.74 Å². The van der Waals surface area contributed by atoms with Gasteiger partial charge in [-0.25, -0.2) is 0 Å². The van der Waals surface area contributed by atoms with Crippen molar-refractivity contribution in [1.29, 1.82) is 0 Å². The first-order valence-electron chi connectivity index (χ1n) is 5.96. The fourth-order valence-corrected chi connectivity index (χ4v) is 3.61. The highest BCUT2D eigenvalue weighted by Gasteiger charge is 2.16. The summed E-state index contributed by atoms with van der Waals surface area (Å²) < 4.78 is 6.75. The number of benzene rings is 1. The Morgan fingerprint density at radius 1 is 1.59 bits per heavy atom. The summed E-state index contributed by atoms with van der Waals surface area (Å²) in [5.41, 5.74) is 7.02. The Morgan fingerprint density at radius 2 is 2.41 bits per heavy atom. The summed E-state index contributed by atoms with van der Waals surface area (Å²) in [6.45, 7) is 2.93. The second-order valence-electron chi connectivity index (χ2n) is 4.42. The number of rotatable bonds is 4. The molecule has 0 aromatic heterocycles. The van der Waals surface area contributed by atoms with Crippen molar-refractivity contribution < 1.29 is 4.74 Å². The van der Waals surface area contributed by atoms with Gasteiger partial charge in [0.25, 0.3) is 0 Å². The Labute approximate surface area is 115 Å². The molecule has 2 rings (SSSR count). The maximum atomic E-state index is 5.86. The largest absolute Gasteiger partial charge is 0.377 e. The van der Waals surface area contributed by atoms with Crippen LogP contribution in [0.3, 0.4) is 0 Å².